The Labute approximate surface area is 194 Å². The molecule has 1 aliphatic carbocycles. The van der Waals surface area contributed by atoms with E-state index >= 15 is 0 Å². The highest BCUT2D eigenvalue weighted by molar-refractivity contribution is 9.10. The summed E-state index contributed by atoms with van der Waals surface area (Å²) in [5.41, 5.74) is 1.31. The maximum Gasteiger partial charge on any atom is 0.318 e. The third-order valence-electron chi connectivity index (χ3n) is 6.95. The number of hydrogen-bond donors (Lipinski definition) is 1. The summed E-state index contributed by atoms with van der Waals surface area (Å²) < 4.78 is 12.0. The first-order valence-electron chi connectivity index (χ1n) is 11.8. The van der Waals surface area contributed by atoms with Gasteiger partial charge >= 0.3 is 6.03 Å². The molecule has 0 radical (unpaired) electrons. The van der Waals surface area contributed by atoms with Gasteiger partial charge in [0.2, 0.25) is 0 Å². The minimum Gasteiger partial charge on any atom is -0.491 e. The number of halogens is 1. The Morgan fingerprint density at radius 2 is 1.97 bits per heavy atom. The molecule has 1 N–H and O–H groups in total. The van der Waals surface area contributed by atoms with Crippen LogP contribution in [0.5, 0.6) is 5.75 Å². The zero-order chi connectivity index (χ0) is 21.6. The van der Waals surface area contributed by atoms with Crippen LogP contribution >= 0.6 is 15.9 Å². The molecule has 3 aliphatic rings. The van der Waals surface area contributed by atoms with E-state index in [1.807, 2.05) is 6.07 Å². The van der Waals surface area contributed by atoms with Gasteiger partial charge in [-0.2, -0.15) is 0 Å². The van der Waals surface area contributed by atoms with Gasteiger partial charge in [-0.05, 0) is 61.9 Å². The third kappa shape index (κ3) is 6.14. The van der Waals surface area contributed by atoms with Gasteiger partial charge in [0.1, 0.15) is 12.4 Å². The van der Waals surface area contributed by atoms with Crippen LogP contribution < -0.4 is 10.1 Å². The van der Waals surface area contributed by atoms with E-state index in [1.165, 1.54) is 44.1 Å². The number of ether oxygens (including phenoxy) is 2. The zero-order valence-electron chi connectivity index (χ0n) is 18.7. The fourth-order valence-electron chi connectivity index (χ4n) is 5.34. The lowest BCUT2D eigenvalue weighted by molar-refractivity contribution is 0.146. The van der Waals surface area contributed by atoms with E-state index in [9.17, 15) is 4.79 Å². The number of nitrogens with zero attached hydrogens (tertiary/aromatic N) is 2. The molecule has 7 heteroatoms. The average Bonchev–Trinajstić information content (AvgIpc) is 3.37. The van der Waals surface area contributed by atoms with Crippen molar-refractivity contribution in [3.05, 3.63) is 28.2 Å². The summed E-state index contributed by atoms with van der Waals surface area (Å²) >= 11 is 3.71. The van der Waals surface area contributed by atoms with Crippen LogP contribution in [-0.2, 0) is 11.2 Å². The number of rotatable bonds is 9. The molecule has 1 aromatic carbocycles. The lowest BCUT2D eigenvalue weighted by atomic mass is 9.94. The first-order valence-corrected chi connectivity index (χ1v) is 12.6. The van der Waals surface area contributed by atoms with Crippen LogP contribution in [0.1, 0.15) is 44.1 Å². The number of benzene rings is 1. The summed E-state index contributed by atoms with van der Waals surface area (Å²) in [4.78, 5) is 17.1. The number of urea groups is 1. The van der Waals surface area contributed by atoms with E-state index in [-0.39, 0.29) is 12.1 Å². The Hall–Kier alpha value is -1.31. The van der Waals surface area contributed by atoms with Crippen LogP contribution in [0, 0.1) is 5.92 Å². The second-order valence-electron chi connectivity index (χ2n) is 9.30. The minimum absolute atomic E-state index is 0.155. The molecule has 0 aromatic heterocycles. The van der Waals surface area contributed by atoms with Gasteiger partial charge < -0.3 is 24.6 Å². The van der Waals surface area contributed by atoms with Crippen molar-refractivity contribution >= 4 is 22.0 Å². The summed E-state index contributed by atoms with van der Waals surface area (Å²) in [5, 5.41) is 3.24. The van der Waals surface area contributed by atoms with Crippen molar-refractivity contribution in [2.75, 3.05) is 46.5 Å². The number of carbonyl (C=O) groups is 1. The summed E-state index contributed by atoms with van der Waals surface area (Å²) in [7, 11) is 1.69. The largest absolute Gasteiger partial charge is 0.491 e. The Morgan fingerprint density at radius 3 is 2.77 bits per heavy atom. The molecule has 1 saturated carbocycles. The summed E-state index contributed by atoms with van der Waals surface area (Å²) in [6.45, 7) is 5.21. The SMILES string of the molecule is COCCOc1ccc(Br)c(CC2CCN(CC3CN(C4CCCCC4)C(=O)N3)C2)c1. The lowest BCUT2D eigenvalue weighted by Crippen LogP contribution is -2.39. The molecule has 2 heterocycles. The maximum atomic E-state index is 12.5. The molecule has 172 valence electrons. The van der Waals surface area contributed by atoms with Gasteiger partial charge in [0.15, 0.2) is 0 Å². The van der Waals surface area contributed by atoms with Gasteiger partial charge in [0, 0.05) is 37.3 Å². The average molecular weight is 494 g/mol. The van der Waals surface area contributed by atoms with Crippen molar-refractivity contribution in [3.8, 4) is 5.75 Å². The third-order valence-corrected chi connectivity index (χ3v) is 7.73. The fourth-order valence-corrected chi connectivity index (χ4v) is 5.75. The molecule has 4 rings (SSSR count). The summed E-state index contributed by atoms with van der Waals surface area (Å²) in [6, 6.07) is 7.12. The van der Waals surface area contributed by atoms with E-state index in [1.54, 1.807) is 7.11 Å². The molecule has 3 fully saturated rings. The molecule has 6 nitrogen and oxygen atoms in total. The molecular formula is C24H36BrN3O3. The van der Waals surface area contributed by atoms with E-state index < -0.39 is 0 Å². The highest BCUT2D eigenvalue weighted by atomic mass is 79.9. The van der Waals surface area contributed by atoms with Gasteiger partial charge in [-0.1, -0.05) is 35.2 Å². The van der Waals surface area contributed by atoms with Crippen molar-refractivity contribution in [2.45, 2.75) is 57.0 Å². The molecule has 2 saturated heterocycles. The molecule has 31 heavy (non-hydrogen) atoms. The van der Waals surface area contributed by atoms with Crippen molar-refractivity contribution in [2.24, 2.45) is 5.92 Å². The smallest absolute Gasteiger partial charge is 0.318 e. The monoisotopic (exact) mass is 493 g/mol. The van der Waals surface area contributed by atoms with Gasteiger partial charge in [-0.3, -0.25) is 0 Å². The standard InChI is InChI=1S/C24H36BrN3O3/c1-30-11-12-31-22-7-8-23(25)19(14-22)13-18-9-10-27(15-18)16-20-17-28(24(29)26-20)21-5-3-2-4-6-21/h7-8,14,18,20-21H,2-6,9-13,15-17H2,1H3,(H,26,29). The van der Waals surface area contributed by atoms with Crippen molar-refractivity contribution in [1.82, 2.24) is 15.1 Å². The minimum atomic E-state index is 0.155. The molecule has 1 aromatic rings. The Kier molecular flexibility index (Phi) is 8.13. The molecule has 0 spiro atoms. The van der Waals surface area contributed by atoms with E-state index in [2.05, 4.69) is 43.2 Å². The number of likely N-dealkylation sites (tertiary alicyclic amines) is 1. The summed E-state index contributed by atoms with van der Waals surface area (Å²) in [5.74, 6) is 1.54. The predicted octanol–water partition coefficient (Wildman–Crippen LogP) is 4.07. The molecular weight excluding hydrogens is 458 g/mol. The normalized spacial score (nSPS) is 25.2. The van der Waals surface area contributed by atoms with Crippen molar-refractivity contribution in [3.63, 3.8) is 0 Å². The second kappa shape index (κ2) is 11.0. The van der Waals surface area contributed by atoms with Crippen molar-refractivity contribution in [1.29, 1.82) is 0 Å². The van der Waals surface area contributed by atoms with Gasteiger partial charge in [-0.15, -0.1) is 0 Å². The number of nitrogens with one attached hydrogen (secondary N) is 1. The molecule has 2 amide bonds. The molecule has 2 aliphatic heterocycles. The van der Waals surface area contributed by atoms with Gasteiger partial charge in [-0.25, -0.2) is 4.79 Å². The van der Waals surface area contributed by atoms with Gasteiger partial charge in [0.25, 0.3) is 0 Å². The van der Waals surface area contributed by atoms with Crippen LogP contribution in [0.4, 0.5) is 4.79 Å². The van der Waals surface area contributed by atoms with E-state index in [4.69, 9.17) is 9.47 Å². The topological polar surface area (TPSA) is 54.0 Å². The number of amides is 2. The fraction of sp³-hybridized carbons (Fsp3) is 0.708. The molecule has 2 unspecified atom stereocenters. The first kappa shape index (κ1) is 22.9. The molecule has 0 bridgehead atoms. The van der Waals surface area contributed by atoms with Crippen LogP contribution in [0.3, 0.4) is 0 Å². The summed E-state index contributed by atoms with van der Waals surface area (Å²) in [6.07, 6.45) is 8.45. The van der Waals surface area contributed by atoms with Crippen LogP contribution in [-0.4, -0.2) is 74.4 Å². The van der Waals surface area contributed by atoms with Crippen molar-refractivity contribution < 1.29 is 14.3 Å². The van der Waals surface area contributed by atoms with Crippen LogP contribution in [0.2, 0.25) is 0 Å². The predicted molar refractivity (Wildman–Crippen MR) is 126 cm³/mol. The number of hydrogen-bond acceptors (Lipinski definition) is 4. The maximum absolute atomic E-state index is 12.5. The van der Waals surface area contributed by atoms with Crippen LogP contribution in [0.25, 0.3) is 0 Å². The lowest BCUT2D eigenvalue weighted by Gasteiger charge is -2.30. The van der Waals surface area contributed by atoms with Crippen LogP contribution in [0.15, 0.2) is 22.7 Å². The zero-order valence-corrected chi connectivity index (χ0v) is 20.2. The molecule has 2 atom stereocenters. The Morgan fingerprint density at radius 1 is 1.13 bits per heavy atom. The number of carbonyl (C=O) groups excluding carboxylic acids is 1. The highest BCUT2D eigenvalue weighted by Crippen LogP contribution is 2.29. The van der Waals surface area contributed by atoms with Gasteiger partial charge in [0.05, 0.1) is 12.6 Å². The highest BCUT2D eigenvalue weighted by Gasteiger charge is 2.36. The Balaban J connectivity index is 1.25. The van der Waals surface area contributed by atoms with E-state index in [0.29, 0.717) is 25.2 Å². The quantitative estimate of drug-likeness (QED) is 0.526. The Bertz CT molecular complexity index is 741. The van der Waals surface area contributed by atoms with E-state index in [0.717, 1.165) is 42.8 Å². The second-order valence-corrected chi connectivity index (χ2v) is 10.2. The first-order chi connectivity index (χ1) is 15.1. The number of methoxy groups -OCH3 is 1.